The van der Waals surface area contributed by atoms with Gasteiger partial charge in [0.25, 0.3) is 5.56 Å². The minimum Gasteiger partial charge on any atom is -0.468 e. The van der Waals surface area contributed by atoms with Gasteiger partial charge in [0.15, 0.2) is 0 Å². The van der Waals surface area contributed by atoms with Crippen LogP contribution in [0.2, 0.25) is 0 Å². The fourth-order valence-corrected chi connectivity index (χ4v) is 5.63. The molecule has 0 amide bonds. The van der Waals surface area contributed by atoms with Crippen LogP contribution in [0, 0.1) is 0 Å². The van der Waals surface area contributed by atoms with Crippen LogP contribution < -0.4 is 5.56 Å². The number of aromatic amines is 1. The molecule has 1 aliphatic rings. The molecule has 9 heteroatoms. The Morgan fingerprint density at radius 1 is 1.15 bits per heavy atom. The molecule has 174 valence electrons. The van der Waals surface area contributed by atoms with Crippen LogP contribution in [0.3, 0.4) is 0 Å². The number of nitrogens with zero attached hydrogens (tertiary/aromatic N) is 2. The molecule has 1 unspecified atom stereocenters. The molecule has 2 N–H and O–H groups in total. The fourth-order valence-electron chi connectivity index (χ4n) is 4.34. The van der Waals surface area contributed by atoms with Gasteiger partial charge in [-0.1, -0.05) is 0 Å². The number of thiophene rings is 1. The Labute approximate surface area is 194 Å². The molecule has 0 fully saturated rings. The number of fused-ring (bicyclic) bond motifs is 3. The van der Waals surface area contributed by atoms with Gasteiger partial charge >= 0.3 is 0 Å². The van der Waals surface area contributed by atoms with Crippen molar-refractivity contribution in [3.63, 3.8) is 0 Å². The van der Waals surface area contributed by atoms with E-state index in [-0.39, 0.29) is 12.2 Å². The zero-order chi connectivity index (χ0) is 22.6. The summed E-state index contributed by atoms with van der Waals surface area (Å²) in [6, 6.07) is 7.35. The second-order valence-electron chi connectivity index (χ2n) is 8.40. The number of hydrogen-bond acceptors (Lipinski definition) is 8. The molecule has 5 rings (SSSR count). The molecule has 0 aromatic carbocycles. The summed E-state index contributed by atoms with van der Waals surface area (Å²) in [5, 5.41) is 11.3. The Bertz CT molecular complexity index is 1230. The number of furan rings is 2. The zero-order valence-corrected chi connectivity index (χ0v) is 19.1. The molecule has 0 bridgehead atoms. The first-order valence-electron chi connectivity index (χ1n) is 11.2. The van der Waals surface area contributed by atoms with Crippen molar-refractivity contribution in [2.45, 2.75) is 51.5 Å². The first-order valence-corrected chi connectivity index (χ1v) is 12.0. The second kappa shape index (κ2) is 10.0. The Morgan fingerprint density at radius 3 is 2.73 bits per heavy atom. The predicted molar refractivity (Wildman–Crippen MR) is 124 cm³/mol. The third kappa shape index (κ3) is 5.27. The molecule has 1 atom stereocenters. The standard InChI is InChI=1S/C24H27N3O5S/c28-16(14-30-15-18-6-4-10-32-18)11-27(12-17-5-3-9-31-17)13-21-25-23(29)22-19-7-1-2-8-20(19)33-24(22)26-21/h3-6,9-10,16,28H,1-2,7-8,11-15H2,(H,25,26,29). The van der Waals surface area contributed by atoms with Crippen molar-refractivity contribution in [3.8, 4) is 0 Å². The molecule has 0 saturated carbocycles. The number of aryl methyl sites for hydroxylation is 2. The van der Waals surface area contributed by atoms with Gasteiger partial charge in [-0.15, -0.1) is 11.3 Å². The number of rotatable bonds is 10. The second-order valence-corrected chi connectivity index (χ2v) is 9.48. The lowest BCUT2D eigenvalue weighted by atomic mass is 9.97. The summed E-state index contributed by atoms with van der Waals surface area (Å²) in [6.07, 6.45) is 6.76. The highest BCUT2D eigenvalue weighted by Crippen LogP contribution is 2.33. The van der Waals surface area contributed by atoms with E-state index >= 15 is 0 Å². The Morgan fingerprint density at radius 2 is 1.94 bits per heavy atom. The molecule has 4 aromatic rings. The Balaban J connectivity index is 1.30. The number of aromatic nitrogens is 2. The summed E-state index contributed by atoms with van der Waals surface area (Å²) in [5.74, 6) is 2.07. The summed E-state index contributed by atoms with van der Waals surface area (Å²) in [7, 11) is 0. The molecule has 4 aromatic heterocycles. The van der Waals surface area contributed by atoms with Gasteiger partial charge in [-0.05, 0) is 55.5 Å². The van der Waals surface area contributed by atoms with E-state index < -0.39 is 6.10 Å². The molecule has 0 spiro atoms. The molecule has 1 aliphatic carbocycles. The highest BCUT2D eigenvalue weighted by molar-refractivity contribution is 7.18. The van der Waals surface area contributed by atoms with E-state index in [1.165, 1.54) is 16.9 Å². The summed E-state index contributed by atoms with van der Waals surface area (Å²) in [5.41, 5.74) is 1.10. The van der Waals surface area contributed by atoms with E-state index in [0.717, 1.165) is 35.2 Å². The van der Waals surface area contributed by atoms with Crippen molar-refractivity contribution in [1.29, 1.82) is 0 Å². The van der Waals surface area contributed by atoms with Crippen molar-refractivity contribution < 1.29 is 18.7 Å². The highest BCUT2D eigenvalue weighted by atomic mass is 32.1. The first-order chi connectivity index (χ1) is 16.2. The van der Waals surface area contributed by atoms with Crippen LogP contribution in [0.4, 0.5) is 0 Å². The number of hydrogen-bond donors (Lipinski definition) is 2. The van der Waals surface area contributed by atoms with Gasteiger partial charge in [0.05, 0.1) is 43.7 Å². The highest BCUT2D eigenvalue weighted by Gasteiger charge is 2.21. The van der Waals surface area contributed by atoms with Gasteiger partial charge in [-0.25, -0.2) is 4.98 Å². The largest absolute Gasteiger partial charge is 0.468 e. The normalized spacial score (nSPS) is 14.7. The summed E-state index contributed by atoms with van der Waals surface area (Å²) in [4.78, 5) is 24.8. The summed E-state index contributed by atoms with van der Waals surface area (Å²) >= 11 is 1.64. The lowest BCUT2D eigenvalue weighted by Gasteiger charge is -2.23. The lowest BCUT2D eigenvalue weighted by molar-refractivity contribution is 0.00125. The number of aliphatic hydroxyl groups excluding tert-OH is 1. The lowest BCUT2D eigenvalue weighted by Crippen LogP contribution is -2.35. The molecule has 4 heterocycles. The maximum atomic E-state index is 12.9. The SMILES string of the molecule is O=c1[nH]c(CN(Cc2ccco2)CC(O)COCc2ccco2)nc2sc3c(c12)CCCC3. The van der Waals surface area contributed by atoms with E-state index in [2.05, 4.69) is 4.98 Å². The minimum absolute atomic E-state index is 0.0744. The van der Waals surface area contributed by atoms with Crippen molar-refractivity contribution in [2.24, 2.45) is 0 Å². The maximum Gasteiger partial charge on any atom is 0.259 e. The monoisotopic (exact) mass is 469 g/mol. The summed E-state index contributed by atoms with van der Waals surface area (Å²) < 4.78 is 16.3. The maximum absolute atomic E-state index is 12.9. The van der Waals surface area contributed by atoms with Crippen LogP contribution >= 0.6 is 11.3 Å². The van der Waals surface area contributed by atoms with E-state index in [0.29, 0.717) is 37.8 Å². The summed E-state index contributed by atoms with van der Waals surface area (Å²) in [6.45, 7) is 1.66. The third-order valence-electron chi connectivity index (χ3n) is 5.81. The quantitative estimate of drug-likeness (QED) is 0.365. The van der Waals surface area contributed by atoms with Crippen molar-refractivity contribution >= 4 is 21.6 Å². The number of ether oxygens (including phenoxy) is 1. The van der Waals surface area contributed by atoms with Gasteiger partial charge < -0.3 is 23.7 Å². The molecule has 33 heavy (non-hydrogen) atoms. The number of nitrogens with one attached hydrogen (secondary N) is 1. The van der Waals surface area contributed by atoms with Gasteiger partial charge in [0, 0.05) is 11.4 Å². The van der Waals surface area contributed by atoms with Crippen LogP contribution in [0.25, 0.3) is 10.2 Å². The average Bonchev–Trinajstić information content (AvgIpc) is 3.54. The van der Waals surface area contributed by atoms with Gasteiger partial charge in [-0.2, -0.15) is 0 Å². The van der Waals surface area contributed by atoms with E-state index in [4.69, 9.17) is 18.6 Å². The molecule has 0 saturated heterocycles. The third-order valence-corrected chi connectivity index (χ3v) is 7.00. The van der Waals surface area contributed by atoms with Crippen molar-refractivity contribution in [2.75, 3.05) is 13.2 Å². The fraction of sp³-hybridized carbons (Fsp3) is 0.417. The Hall–Kier alpha value is -2.72. The first kappa shape index (κ1) is 22.1. The molecular weight excluding hydrogens is 442 g/mol. The van der Waals surface area contributed by atoms with E-state index in [9.17, 15) is 9.90 Å². The number of H-pyrrole nitrogens is 1. The molecule has 8 nitrogen and oxygen atoms in total. The topological polar surface area (TPSA) is 105 Å². The van der Waals surface area contributed by atoms with Gasteiger partial charge in [0.2, 0.25) is 0 Å². The molecule has 0 radical (unpaired) electrons. The zero-order valence-electron chi connectivity index (χ0n) is 18.3. The Kier molecular flexibility index (Phi) is 6.73. The predicted octanol–water partition coefficient (Wildman–Crippen LogP) is 3.63. The van der Waals surface area contributed by atoms with E-state index in [1.54, 1.807) is 29.9 Å². The van der Waals surface area contributed by atoms with Crippen LogP contribution in [-0.2, 0) is 37.3 Å². The number of aliphatic hydroxyl groups is 1. The molecule has 0 aliphatic heterocycles. The van der Waals surface area contributed by atoms with Crippen LogP contribution in [0.5, 0.6) is 0 Å². The van der Waals surface area contributed by atoms with Gasteiger partial charge in [-0.3, -0.25) is 9.69 Å². The van der Waals surface area contributed by atoms with Crippen LogP contribution in [-0.4, -0.2) is 39.2 Å². The average molecular weight is 470 g/mol. The van der Waals surface area contributed by atoms with Crippen molar-refractivity contribution in [3.05, 3.63) is 74.9 Å². The van der Waals surface area contributed by atoms with E-state index in [1.807, 2.05) is 23.1 Å². The minimum atomic E-state index is -0.723. The van der Waals surface area contributed by atoms with Crippen LogP contribution in [0.1, 0.15) is 40.6 Å². The van der Waals surface area contributed by atoms with Crippen molar-refractivity contribution in [1.82, 2.24) is 14.9 Å². The smallest absolute Gasteiger partial charge is 0.259 e. The van der Waals surface area contributed by atoms with Crippen LogP contribution in [0.15, 0.2) is 50.4 Å². The van der Waals surface area contributed by atoms with Gasteiger partial charge in [0.1, 0.15) is 28.8 Å². The molecular formula is C24H27N3O5S.